The highest BCUT2D eigenvalue weighted by atomic mass is 16.4. The van der Waals surface area contributed by atoms with Crippen LogP contribution in [0.2, 0.25) is 0 Å². The molecule has 1 heterocycles. The molecule has 12 nitrogen and oxygen atoms in total. The van der Waals surface area contributed by atoms with Gasteiger partial charge in [-0.05, 0) is 32.2 Å². The van der Waals surface area contributed by atoms with Gasteiger partial charge in [-0.1, -0.05) is 0 Å². The van der Waals surface area contributed by atoms with Gasteiger partial charge < -0.3 is 42.9 Å². The summed E-state index contributed by atoms with van der Waals surface area (Å²) in [6, 6.07) is -3.08. The quantitative estimate of drug-likeness (QED) is 0.230. The third-order valence-corrected chi connectivity index (χ3v) is 3.64. The fraction of sp³-hybridized carbons (Fsp3) is 0.714. The maximum Gasteiger partial charge on any atom is 0.326 e. The van der Waals surface area contributed by atoms with Gasteiger partial charge in [-0.25, -0.2) is 4.79 Å². The summed E-state index contributed by atoms with van der Waals surface area (Å²) in [5.41, 5.74) is 15.7. The number of carboxylic acid groups (broad SMARTS) is 2. The topological polar surface area (TPSA) is 239 Å². The second-order valence-corrected chi connectivity index (χ2v) is 5.75. The first-order chi connectivity index (χ1) is 12.0. The summed E-state index contributed by atoms with van der Waals surface area (Å²) in [7, 11) is 0. The number of nitrogens with two attached hydrogens (primary N) is 3. The van der Waals surface area contributed by atoms with Gasteiger partial charge in [0.25, 0.3) is 5.91 Å². The van der Waals surface area contributed by atoms with Crippen LogP contribution in [-0.2, 0) is 19.2 Å². The minimum atomic E-state index is -2.01. The molecule has 0 aromatic rings. The summed E-state index contributed by atoms with van der Waals surface area (Å²) >= 11 is 0. The Morgan fingerprint density at radius 2 is 1.73 bits per heavy atom. The molecule has 1 rings (SSSR count). The molecule has 1 saturated heterocycles. The molecule has 0 aliphatic carbocycles. The van der Waals surface area contributed by atoms with Crippen molar-refractivity contribution in [2.24, 2.45) is 17.2 Å². The van der Waals surface area contributed by atoms with Crippen LogP contribution in [0.25, 0.3) is 0 Å². The van der Waals surface area contributed by atoms with E-state index in [1.807, 2.05) is 5.32 Å². The summed E-state index contributed by atoms with van der Waals surface area (Å²) in [5, 5.41) is 37.7. The van der Waals surface area contributed by atoms with E-state index in [1.165, 1.54) is 0 Å². The van der Waals surface area contributed by atoms with Gasteiger partial charge in [0.2, 0.25) is 0 Å². The van der Waals surface area contributed by atoms with Gasteiger partial charge >= 0.3 is 11.9 Å². The Hall–Kier alpha value is -2.12. The van der Waals surface area contributed by atoms with Crippen molar-refractivity contribution in [2.75, 3.05) is 6.54 Å². The first-order valence-electron chi connectivity index (χ1n) is 7.90. The Morgan fingerprint density at radius 1 is 1.15 bits per heavy atom. The molecule has 1 fully saturated rings. The maximum atomic E-state index is 11.4. The number of aliphatic hydroxyl groups is 2. The number of carboxylic acids is 2. The van der Waals surface area contributed by atoms with Crippen LogP contribution in [0.5, 0.6) is 0 Å². The van der Waals surface area contributed by atoms with Crippen LogP contribution in [0.4, 0.5) is 0 Å². The fourth-order valence-electron chi connectivity index (χ4n) is 1.98. The Balaban J connectivity index is 0.000000590. The highest BCUT2D eigenvalue weighted by Gasteiger charge is 2.37. The molecule has 1 aliphatic heterocycles. The number of hydrogen-bond donors (Lipinski definition) is 8. The summed E-state index contributed by atoms with van der Waals surface area (Å²) in [6.45, 7) is 0.501. The zero-order valence-electron chi connectivity index (χ0n) is 14.1. The van der Waals surface area contributed by atoms with Gasteiger partial charge in [-0.15, -0.1) is 0 Å². The summed E-state index contributed by atoms with van der Waals surface area (Å²) in [5.74, 6) is -4.23. The van der Waals surface area contributed by atoms with Gasteiger partial charge in [-0.3, -0.25) is 14.4 Å². The Labute approximate surface area is 149 Å². The van der Waals surface area contributed by atoms with E-state index in [1.54, 1.807) is 0 Å². The van der Waals surface area contributed by atoms with E-state index in [0.29, 0.717) is 19.4 Å². The molecule has 0 spiro atoms. The number of rotatable bonds is 5. The van der Waals surface area contributed by atoms with Crippen molar-refractivity contribution in [2.45, 2.75) is 56.0 Å². The number of hydrogen-bond acceptors (Lipinski definition) is 9. The van der Waals surface area contributed by atoms with Gasteiger partial charge in [0.05, 0.1) is 6.04 Å². The standard InChI is InChI=1S/C9H14N2O6.C5H12N2O2/c10-3-1-2-4(9(16)17)11-8(15)7(14)6(13)5(3)12;6-3-1-2-4(7)5(8)9/h3-4,6-7,13-14H,1-2,10H2,(H,11,15)(H,16,17);4H,1-3,6-7H2,(H,8,9)/t3?,4-,6?,7?;4-/m00/s1. The van der Waals surface area contributed by atoms with Crippen molar-refractivity contribution >= 4 is 23.6 Å². The lowest BCUT2D eigenvalue weighted by molar-refractivity contribution is -0.147. The largest absolute Gasteiger partial charge is 0.480 e. The first-order valence-corrected chi connectivity index (χ1v) is 7.90. The van der Waals surface area contributed by atoms with Crippen LogP contribution in [-0.4, -0.2) is 80.9 Å². The third kappa shape index (κ3) is 7.84. The lowest BCUT2D eigenvalue weighted by Gasteiger charge is -2.17. The first kappa shape index (κ1) is 23.9. The lowest BCUT2D eigenvalue weighted by atomic mass is 9.99. The van der Waals surface area contributed by atoms with E-state index < -0.39 is 54.0 Å². The Bertz CT molecular complexity index is 515. The molecule has 26 heavy (non-hydrogen) atoms. The van der Waals surface area contributed by atoms with Gasteiger partial charge in [0, 0.05) is 0 Å². The molecule has 1 aliphatic rings. The van der Waals surface area contributed by atoms with Crippen LogP contribution in [0.1, 0.15) is 25.7 Å². The number of carbonyl (C=O) groups excluding carboxylic acids is 2. The highest BCUT2D eigenvalue weighted by molar-refractivity contribution is 5.96. The number of amides is 1. The molecule has 1 amide bonds. The maximum absolute atomic E-state index is 11.4. The predicted molar refractivity (Wildman–Crippen MR) is 87.7 cm³/mol. The normalized spacial score (nSPS) is 27.7. The number of aliphatic carboxylic acids is 2. The van der Waals surface area contributed by atoms with Crippen LogP contribution in [0.15, 0.2) is 0 Å². The Morgan fingerprint density at radius 3 is 2.19 bits per heavy atom. The smallest absolute Gasteiger partial charge is 0.326 e. The molecule has 11 N–H and O–H groups in total. The molecule has 5 atom stereocenters. The summed E-state index contributed by atoms with van der Waals surface area (Å²) in [6.07, 6.45) is -2.85. The molecule has 150 valence electrons. The number of carbonyl (C=O) groups is 4. The van der Waals surface area contributed by atoms with E-state index >= 15 is 0 Å². The second-order valence-electron chi connectivity index (χ2n) is 5.75. The zero-order valence-corrected chi connectivity index (χ0v) is 14.1. The average molecular weight is 378 g/mol. The van der Waals surface area contributed by atoms with Crippen LogP contribution < -0.4 is 22.5 Å². The van der Waals surface area contributed by atoms with Crippen molar-refractivity contribution in [1.82, 2.24) is 5.32 Å². The molecule has 0 radical (unpaired) electrons. The van der Waals surface area contributed by atoms with Crippen molar-refractivity contribution in [1.29, 1.82) is 0 Å². The molecule has 0 saturated carbocycles. The fourth-order valence-corrected chi connectivity index (χ4v) is 1.98. The number of aliphatic hydroxyl groups excluding tert-OH is 2. The molecule has 12 heteroatoms. The van der Waals surface area contributed by atoms with E-state index in [4.69, 9.17) is 27.4 Å². The zero-order chi connectivity index (χ0) is 20.4. The number of ketones is 1. The van der Waals surface area contributed by atoms with E-state index in [2.05, 4.69) is 0 Å². The third-order valence-electron chi connectivity index (χ3n) is 3.64. The molecule has 0 bridgehead atoms. The number of nitrogens with one attached hydrogen (secondary N) is 1. The summed E-state index contributed by atoms with van der Waals surface area (Å²) < 4.78 is 0. The minimum absolute atomic E-state index is 0.000139. The molecule has 0 aromatic heterocycles. The number of Topliss-reactive ketones (excluding diaryl/α,β-unsaturated/α-hetero) is 1. The van der Waals surface area contributed by atoms with E-state index in [9.17, 15) is 29.4 Å². The summed E-state index contributed by atoms with van der Waals surface area (Å²) in [4.78, 5) is 43.5. The predicted octanol–water partition coefficient (Wildman–Crippen LogP) is -3.89. The van der Waals surface area contributed by atoms with E-state index in [-0.39, 0.29) is 12.8 Å². The molecular weight excluding hydrogens is 352 g/mol. The molecular formula is C14H26N4O8. The van der Waals surface area contributed by atoms with Crippen LogP contribution in [0, 0.1) is 0 Å². The van der Waals surface area contributed by atoms with Gasteiger partial charge in [0.15, 0.2) is 11.9 Å². The van der Waals surface area contributed by atoms with Crippen LogP contribution in [0.3, 0.4) is 0 Å². The highest BCUT2D eigenvalue weighted by Crippen LogP contribution is 2.09. The minimum Gasteiger partial charge on any atom is -0.480 e. The Kier molecular flexibility index (Phi) is 10.6. The van der Waals surface area contributed by atoms with Gasteiger partial charge in [0.1, 0.15) is 18.2 Å². The van der Waals surface area contributed by atoms with E-state index in [0.717, 1.165) is 0 Å². The van der Waals surface area contributed by atoms with Crippen molar-refractivity contribution in [3.63, 3.8) is 0 Å². The van der Waals surface area contributed by atoms with Crippen LogP contribution >= 0.6 is 0 Å². The lowest BCUT2D eigenvalue weighted by Crippen LogP contribution is -2.51. The van der Waals surface area contributed by atoms with Crippen molar-refractivity contribution in [3.8, 4) is 0 Å². The molecule has 0 aromatic carbocycles. The SMILES string of the molecule is NC1CC[C@@H](C(=O)O)NC(=O)C(O)C(O)C1=O.NCCC[C@H](N)C(=O)O. The van der Waals surface area contributed by atoms with Crippen molar-refractivity contribution in [3.05, 3.63) is 0 Å². The molecule has 3 unspecified atom stereocenters. The monoisotopic (exact) mass is 378 g/mol. The second kappa shape index (κ2) is 11.5. The van der Waals surface area contributed by atoms with Gasteiger partial charge in [-0.2, -0.15) is 0 Å². The van der Waals surface area contributed by atoms with Crippen molar-refractivity contribution < 1.29 is 39.6 Å². The average Bonchev–Trinajstić information content (AvgIpc) is 2.62.